The second-order valence-electron chi connectivity index (χ2n) is 5.34. The average Bonchev–Trinajstić information content (AvgIpc) is 2.44. The van der Waals surface area contributed by atoms with Crippen molar-refractivity contribution >= 4 is 26.8 Å². The summed E-state index contributed by atoms with van der Waals surface area (Å²) < 4.78 is 24.6. The number of likely N-dealkylation sites (N-methyl/N-ethyl adjacent to an activating group) is 1. The van der Waals surface area contributed by atoms with Crippen molar-refractivity contribution in [2.24, 2.45) is 0 Å². The lowest BCUT2D eigenvalue weighted by Gasteiger charge is -2.21. The number of aromatic amines is 1. The molecular formula is C14H18N4O4S. The smallest absolute Gasteiger partial charge is 0.258 e. The summed E-state index contributed by atoms with van der Waals surface area (Å²) in [5.74, 6) is -0.0951. The second kappa shape index (κ2) is 6.47. The van der Waals surface area contributed by atoms with E-state index >= 15 is 0 Å². The molecule has 0 aliphatic rings. The number of amides is 1. The molecule has 23 heavy (non-hydrogen) atoms. The van der Waals surface area contributed by atoms with E-state index in [9.17, 15) is 18.0 Å². The number of nitrogens with one attached hydrogen (secondary N) is 2. The fraction of sp³-hybridized carbons (Fsp3) is 0.357. The molecule has 8 nitrogen and oxygen atoms in total. The molecule has 0 aliphatic heterocycles. The van der Waals surface area contributed by atoms with E-state index in [0.29, 0.717) is 16.7 Å². The Morgan fingerprint density at radius 2 is 2.04 bits per heavy atom. The fourth-order valence-electron chi connectivity index (χ4n) is 2.21. The summed E-state index contributed by atoms with van der Waals surface area (Å²) in [6.45, 7) is 1.52. The van der Waals surface area contributed by atoms with E-state index in [2.05, 4.69) is 14.7 Å². The van der Waals surface area contributed by atoms with Gasteiger partial charge in [-0.15, -0.1) is 0 Å². The predicted molar refractivity (Wildman–Crippen MR) is 86.3 cm³/mol. The van der Waals surface area contributed by atoms with Crippen molar-refractivity contribution in [2.45, 2.75) is 19.5 Å². The summed E-state index contributed by atoms with van der Waals surface area (Å²) >= 11 is 0. The topological polar surface area (TPSA) is 112 Å². The Bertz CT molecular complexity index is 891. The van der Waals surface area contributed by atoms with Crippen LogP contribution in [-0.2, 0) is 21.4 Å². The molecule has 0 fully saturated rings. The van der Waals surface area contributed by atoms with Gasteiger partial charge in [0, 0.05) is 7.05 Å². The zero-order valence-electron chi connectivity index (χ0n) is 13.0. The van der Waals surface area contributed by atoms with Crippen molar-refractivity contribution in [2.75, 3.05) is 13.3 Å². The van der Waals surface area contributed by atoms with E-state index in [1.165, 1.54) is 18.9 Å². The van der Waals surface area contributed by atoms with Gasteiger partial charge in [0.15, 0.2) is 0 Å². The predicted octanol–water partition coefficient (Wildman–Crippen LogP) is -0.181. The molecule has 0 saturated heterocycles. The van der Waals surface area contributed by atoms with Crippen LogP contribution in [0.4, 0.5) is 0 Å². The van der Waals surface area contributed by atoms with E-state index < -0.39 is 22.0 Å². The van der Waals surface area contributed by atoms with Crippen molar-refractivity contribution < 1.29 is 13.2 Å². The number of para-hydroxylation sites is 1. The van der Waals surface area contributed by atoms with Crippen LogP contribution in [0.2, 0.25) is 0 Å². The van der Waals surface area contributed by atoms with Gasteiger partial charge in [-0.3, -0.25) is 9.59 Å². The fourth-order valence-corrected chi connectivity index (χ4v) is 2.96. The number of benzene rings is 1. The summed E-state index contributed by atoms with van der Waals surface area (Å²) in [6, 6.07) is 5.99. The highest BCUT2D eigenvalue weighted by atomic mass is 32.2. The Morgan fingerprint density at radius 3 is 2.70 bits per heavy atom. The highest BCUT2D eigenvalue weighted by Crippen LogP contribution is 2.07. The zero-order valence-corrected chi connectivity index (χ0v) is 13.8. The Hall–Kier alpha value is -2.26. The molecule has 1 aromatic carbocycles. The molecule has 0 aliphatic carbocycles. The lowest BCUT2D eigenvalue weighted by atomic mass is 10.2. The van der Waals surface area contributed by atoms with Crippen LogP contribution in [0, 0.1) is 0 Å². The summed E-state index contributed by atoms with van der Waals surface area (Å²) in [5, 5.41) is 0.470. The van der Waals surface area contributed by atoms with Gasteiger partial charge in [-0.1, -0.05) is 12.1 Å². The first-order chi connectivity index (χ1) is 10.7. The van der Waals surface area contributed by atoms with Gasteiger partial charge in [0.2, 0.25) is 15.9 Å². The molecule has 9 heteroatoms. The number of H-pyrrole nitrogens is 1. The number of sulfonamides is 1. The third-order valence-electron chi connectivity index (χ3n) is 3.19. The zero-order chi connectivity index (χ0) is 17.2. The number of nitrogens with zero attached hydrogens (tertiary/aromatic N) is 2. The number of hydrogen-bond donors (Lipinski definition) is 2. The van der Waals surface area contributed by atoms with Gasteiger partial charge in [-0.05, 0) is 19.1 Å². The largest absolute Gasteiger partial charge is 0.337 e. The van der Waals surface area contributed by atoms with Crippen LogP contribution in [0.1, 0.15) is 12.7 Å². The maximum atomic E-state index is 12.2. The highest BCUT2D eigenvalue weighted by molar-refractivity contribution is 7.88. The number of carbonyl (C=O) groups excluding carboxylic acids is 1. The number of aromatic nitrogens is 2. The Morgan fingerprint density at radius 1 is 1.39 bits per heavy atom. The summed E-state index contributed by atoms with van der Waals surface area (Å²) in [7, 11) is -1.97. The maximum Gasteiger partial charge on any atom is 0.258 e. The molecule has 0 spiro atoms. The monoisotopic (exact) mass is 338 g/mol. The number of carbonyl (C=O) groups is 1. The van der Waals surface area contributed by atoms with Gasteiger partial charge in [-0.2, -0.15) is 0 Å². The summed E-state index contributed by atoms with van der Waals surface area (Å²) in [4.78, 5) is 32.4. The van der Waals surface area contributed by atoms with Crippen LogP contribution in [-0.4, -0.2) is 48.5 Å². The molecule has 2 rings (SSSR count). The first kappa shape index (κ1) is 17.1. The first-order valence-corrected chi connectivity index (χ1v) is 8.77. The van der Waals surface area contributed by atoms with Crippen molar-refractivity contribution in [1.29, 1.82) is 0 Å². The highest BCUT2D eigenvalue weighted by Gasteiger charge is 2.21. The summed E-state index contributed by atoms with van der Waals surface area (Å²) in [6.07, 6.45) is 0.985. The number of rotatable bonds is 5. The molecule has 0 bridgehead atoms. The quantitative estimate of drug-likeness (QED) is 0.785. The minimum Gasteiger partial charge on any atom is -0.337 e. The van der Waals surface area contributed by atoms with Crippen molar-refractivity contribution in [3.8, 4) is 0 Å². The normalized spacial score (nSPS) is 13.0. The third-order valence-corrected chi connectivity index (χ3v) is 3.97. The van der Waals surface area contributed by atoms with Crippen LogP contribution < -0.4 is 10.3 Å². The van der Waals surface area contributed by atoms with Crippen LogP contribution in [0.3, 0.4) is 0 Å². The Labute approximate surface area is 133 Å². The minimum atomic E-state index is -3.48. The van der Waals surface area contributed by atoms with Crippen molar-refractivity contribution in [3.05, 3.63) is 40.4 Å². The Kier molecular flexibility index (Phi) is 4.81. The van der Waals surface area contributed by atoms with E-state index in [1.807, 2.05) is 0 Å². The standard InChI is InChI=1S/C14H18N4O4S/c1-9(17-23(3,21)22)14(20)18(2)8-12-15-11-7-5-4-6-10(11)13(19)16-12/h4-7,9,17H,8H2,1-3H3,(H,15,16,19)/t9-/m0/s1. The van der Waals surface area contributed by atoms with Gasteiger partial charge >= 0.3 is 0 Å². The van der Waals surface area contributed by atoms with E-state index in [0.717, 1.165) is 6.26 Å². The molecular weight excluding hydrogens is 320 g/mol. The molecule has 0 radical (unpaired) electrons. The van der Waals surface area contributed by atoms with E-state index in [-0.39, 0.29) is 12.1 Å². The molecule has 1 atom stereocenters. The molecule has 1 aromatic heterocycles. The van der Waals surface area contributed by atoms with Gasteiger partial charge in [0.1, 0.15) is 5.82 Å². The van der Waals surface area contributed by atoms with E-state index in [4.69, 9.17) is 0 Å². The molecule has 0 saturated carbocycles. The van der Waals surface area contributed by atoms with Gasteiger partial charge in [0.25, 0.3) is 5.56 Å². The van der Waals surface area contributed by atoms with Crippen LogP contribution in [0.5, 0.6) is 0 Å². The number of fused-ring (bicyclic) bond motifs is 1. The first-order valence-electron chi connectivity index (χ1n) is 6.87. The van der Waals surface area contributed by atoms with Crippen molar-refractivity contribution in [1.82, 2.24) is 19.6 Å². The second-order valence-corrected chi connectivity index (χ2v) is 7.12. The van der Waals surface area contributed by atoms with Crippen LogP contribution >= 0.6 is 0 Å². The molecule has 124 valence electrons. The average molecular weight is 338 g/mol. The lowest BCUT2D eigenvalue weighted by Crippen LogP contribution is -2.45. The summed E-state index contributed by atoms with van der Waals surface area (Å²) in [5.41, 5.74) is 0.253. The van der Waals surface area contributed by atoms with Gasteiger partial charge in [0.05, 0.1) is 29.7 Å². The maximum absolute atomic E-state index is 12.2. The minimum absolute atomic E-state index is 0.0642. The number of hydrogen-bond acceptors (Lipinski definition) is 5. The van der Waals surface area contributed by atoms with Crippen molar-refractivity contribution in [3.63, 3.8) is 0 Å². The van der Waals surface area contributed by atoms with Gasteiger partial charge in [-0.25, -0.2) is 18.1 Å². The molecule has 1 amide bonds. The molecule has 1 heterocycles. The van der Waals surface area contributed by atoms with Crippen LogP contribution in [0.25, 0.3) is 10.9 Å². The molecule has 2 N–H and O–H groups in total. The van der Waals surface area contributed by atoms with E-state index in [1.54, 1.807) is 24.3 Å². The molecule has 0 unspecified atom stereocenters. The molecule has 2 aromatic rings. The third kappa shape index (κ3) is 4.36. The van der Waals surface area contributed by atoms with Gasteiger partial charge < -0.3 is 9.88 Å². The van der Waals surface area contributed by atoms with Crippen LogP contribution in [0.15, 0.2) is 29.1 Å². The Balaban J connectivity index is 2.18. The SMILES string of the molecule is C[C@H](NS(C)(=O)=O)C(=O)N(C)Cc1nc2ccccc2c(=O)[nH]1. The lowest BCUT2D eigenvalue weighted by molar-refractivity contribution is -0.131.